The highest BCUT2D eigenvalue weighted by Gasteiger charge is 2.26. The molecule has 2 heterocycles. The number of carboxylic acid groups (broad SMARTS) is 1. The molecule has 6 nitrogen and oxygen atoms in total. The van der Waals surface area contributed by atoms with Gasteiger partial charge >= 0.3 is 5.97 Å². The van der Waals surface area contributed by atoms with Crippen molar-refractivity contribution < 1.29 is 14.7 Å². The molecule has 0 saturated carbocycles. The van der Waals surface area contributed by atoms with E-state index in [4.69, 9.17) is 0 Å². The second-order valence-corrected chi connectivity index (χ2v) is 5.20. The molecule has 2 N–H and O–H groups in total. The van der Waals surface area contributed by atoms with E-state index in [0.717, 1.165) is 5.69 Å². The van der Waals surface area contributed by atoms with Gasteiger partial charge in [-0.15, -0.1) is 0 Å². The Morgan fingerprint density at radius 3 is 2.71 bits per heavy atom. The minimum absolute atomic E-state index is 0.148. The lowest BCUT2D eigenvalue weighted by molar-refractivity contribution is -0.140. The van der Waals surface area contributed by atoms with Gasteiger partial charge in [0, 0.05) is 11.9 Å². The SMILES string of the molecule is CCC(C)[C@H](NC(=O)c1cn2c(C)cccc2n1)C(=O)O. The van der Waals surface area contributed by atoms with Gasteiger partial charge in [0.05, 0.1) is 0 Å². The highest BCUT2D eigenvalue weighted by molar-refractivity contribution is 5.95. The summed E-state index contributed by atoms with van der Waals surface area (Å²) < 4.78 is 1.80. The zero-order valence-electron chi connectivity index (χ0n) is 12.3. The van der Waals surface area contributed by atoms with Crippen molar-refractivity contribution in [3.63, 3.8) is 0 Å². The summed E-state index contributed by atoms with van der Waals surface area (Å²) in [5.41, 5.74) is 1.84. The van der Waals surface area contributed by atoms with Gasteiger partial charge in [-0.3, -0.25) is 4.79 Å². The first-order valence-electron chi connectivity index (χ1n) is 6.92. The number of hydrogen-bond donors (Lipinski definition) is 2. The van der Waals surface area contributed by atoms with Gasteiger partial charge in [0.1, 0.15) is 17.4 Å². The number of imidazole rings is 1. The lowest BCUT2D eigenvalue weighted by atomic mass is 9.99. The van der Waals surface area contributed by atoms with E-state index in [2.05, 4.69) is 10.3 Å². The maximum atomic E-state index is 12.2. The van der Waals surface area contributed by atoms with Gasteiger partial charge in [0.2, 0.25) is 0 Å². The Kier molecular flexibility index (Phi) is 4.26. The van der Waals surface area contributed by atoms with Crippen molar-refractivity contribution >= 4 is 17.5 Å². The fourth-order valence-electron chi connectivity index (χ4n) is 2.16. The van der Waals surface area contributed by atoms with Crippen molar-refractivity contribution in [3.05, 3.63) is 35.8 Å². The molecule has 1 unspecified atom stereocenters. The third kappa shape index (κ3) is 3.04. The molecular weight excluding hydrogens is 270 g/mol. The number of fused-ring (bicyclic) bond motifs is 1. The molecule has 1 amide bonds. The van der Waals surface area contributed by atoms with Gasteiger partial charge < -0.3 is 14.8 Å². The Balaban J connectivity index is 2.25. The number of aliphatic carboxylic acids is 1. The van der Waals surface area contributed by atoms with Gasteiger partial charge in [-0.1, -0.05) is 26.3 Å². The van der Waals surface area contributed by atoms with Crippen molar-refractivity contribution in [2.75, 3.05) is 0 Å². The Morgan fingerprint density at radius 2 is 2.14 bits per heavy atom. The number of amides is 1. The Morgan fingerprint density at radius 1 is 1.43 bits per heavy atom. The number of carboxylic acids is 1. The third-order valence-electron chi connectivity index (χ3n) is 3.69. The Bertz CT molecular complexity index is 678. The van der Waals surface area contributed by atoms with Crippen LogP contribution in [0.2, 0.25) is 0 Å². The quantitative estimate of drug-likeness (QED) is 0.880. The molecule has 112 valence electrons. The summed E-state index contributed by atoms with van der Waals surface area (Å²) in [6, 6.07) is 4.66. The molecule has 0 aliphatic rings. The molecule has 0 fully saturated rings. The summed E-state index contributed by atoms with van der Waals surface area (Å²) in [5, 5.41) is 11.8. The van der Waals surface area contributed by atoms with E-state index in [1.807, 2.05) is 26.0 Å². The molecule has 2 rings (SSSR count). The standard InChI is InChI=1S/C15H19N3O3/c1-4-9(2)13(15(20)21)17-14(19)11-8-18-10(3)6-5-7-12(18)16-11/h5-9,13H,4H2,1-3H3,(H,17,19)(H,20,21)/t9?,13-/m0/s1. The van der Waals surface area contributed by atoms with Crippen molar-refractivity contribution in [2.24, 2.45) is 5.92 Å². The first-order chi connectivity index (χ1) is 9.93. The van der Waals surface area contributed by atoms with Crippen LogP contribution in [0.5, 0.6) is 0 Å². The fraction of sp³-hybridized carbons (Fsp3) is 0.400. The molecule has 0 radical (unpaired) electrons. The normalized spacial score (nSPS) is 13.9. The predicted molar refractivity (Wildman–Crippen MR) is 78.3 cm³/mol. The smallest absolute Gasteiger partial charge is 0.326 e. The van der Waals surface area contributed by atoms with Gasteiger partial charge in [-0.2, -0.15) is 0 Å². The molecule has 6 heteroatoms. The average Bonchev–Trinajstić information content (AvgIpc) is 2.89. The van der Waals surface area contributed by atoms with E-state index in [1.165, 1.54) is 0 Å². The van der Waals surface area contributed by atoms with Crippen LogP contribution in [0.1, 0.15) is 36.5 Å². The van der Waals surface area contributed by atoms with Crippen LogP contribution in [0.15, 0.2) is 24.4 Å². The summed E-state index contributed by atoms with van der Waals surface area (Å²) >= 11 is 0. The Labute approximate surface area is 122 Å². The second kappa shape index (κ2) is 5.95. The first-order valence-corrected chi connectivity index (χ1v) is 6.92. The summed E-state index contributed by atoms with van der Waals surface area (Å²) in [6.07, 6.45) is 2.29. The summed E-state index contributed by atoms with van der Waals surface area (Å²) in [5.74, 6) is -1.64. The summed E-state index contributed by atoms with van der Waals surface area (Å²) in [7, 11) is 0. The molecule has 2 aromatic rings. The third-order valence-corrected chi connectivity index (χ3v) is 3.69. The molecule has 0 saturated heterocycles. The summed E-state index contributed by atoms with van der Waals surface area (Å²) in [6.45, 7) is 5.60. The van der Waals surface area contributed by atoms with Crippen molar-refractivity contribution in [1.29, 1.82) is 0 Å². The summed E-state index contributed by atoms with van der Waals surface area (Å²) in [4.78, 5) is 27.7. The van der Waals surface area contributed by atoms with Crippen LogP contribution in [-0.2, 0) is 4.79 Å². The lowest BCUT2D eigenvalue weighted by Crippen LogP contribution is -2.45. The van der Waals surface area contributed by atoms with E-state index in [-0.39, 0.29) is 11.6 Å². The molecule has 0 spiro atoms. The molecule has 0 bridgehead atoms. The number of nitrogens with one attached hydrogen (secondary N) is 1. The maximum absolute atomic E-state index is 12.2. The van der Waals surface area contributed by atoms with Crippen LogP contribution in [0, 0.1) is 12.8 Å². The first kappa shape index (κ1) is 15.0. The van der Waals surface area contributed by atoms with Crippen LogP contribution >= 0.6 is 0 Å². The van der Waals surface area contributed by atoms with Crippen molar-refractivity contribution in [2.45, 2.75) is 33.2 Å². The second-order valence-electron chi connectivity index (χ2n) is 5.20. The highest BCUT2D eigenvalue weighted by atomic mass is 16.4. The predicted octanol–water partition coefficient (Wildman–Crippen LogP) is 1.87. The van der Waals surface area contributed by atoms with E-state index < -0.39 is 17.9 Å². The average molecular weight is 289 g/mol. The lowest BCUT2D eigenvalue weighted by Gasteiger charge is -2.19. The van der Waals surface area contributed by atoms with Gasteiger partial charge in [-0.05, 0) is 25.0 Å². The molecule has 2 aromatic heterocycles. The van der Waals surface area contributed by atoms with Crippen LogP contribution in [-0.4, -0.2) is 32.4 Å². The number of aromatic nitrogens is 2. The largest absolute Gasteiger partial charge is 0.480 e. The van der Waals surface area contributed by atoms with Gasteiger partial charge in [0.15, 0.2) is 0 Å². The highest BCUT2D eigenvalue weighted by Crippen LogP contribution is 2.11. The number of rotatable bonds is 5. The van der Waals surface area contributed by atoms with Crippen LogP contribution in [0.25, 0.3) is 5.65 Å². The van der Waals surface area contributed by atoms with Crippen LogP contribution in [0.4, 0.5) is 0 Å². The van der Waals surface area contributed by atoms with E-state index >= 15 is 0 Å². The number of nitrogens with zero attached hydrogens (tertiary/aromatic N) is 2. The number of aryl methyl sites for hydroxylation is 1. The molecule has 21 heavy (non-hydrogen) atoms. The monoisotopic (exact) mass is 289 g/mol. The van der Waals surface area contributed by atoms with E-state index in [0.29, 0.717) is 12.1 Å². The van der Waals surface area contributed by atoms with E-state index in [9.17, 15) is 14.7 Å². The fourth-order valence-corrected chi connectivity index (χ4v) is 2.16. The van der Waals surface area contributed by atoms with Crippen LogP contribution in [0.3, 0.4) is 0 Å². The number of hydrogen-bond acceptors (Lipinski definition) is 3. The number of pyridine rings is 1. The van der Waals surface area contributed by atoms with Crippen molar-refractivity contribution in [1.82, 2.24) is 14.7 Å². The van der Waals surface area contributed by atoms with Gasteiger partial charge in [0.25, 0.3) is 5.91 Å². The van der Waals surface area contributed by atoms with E-state index in [1.54, 1.807) is 23.6 Å². The van der Waals surface area contributed by atoms with Gasteiger partial charge in [-0.25, -0.2) is 9.78 Å². The van der Waals surface area contributed by atoms with Crippen molar-refractivity contribution in [3.8, 4) is 0 Å². The minimum atomic E-state index is -1.03. The molecule has 0 aliphatic carbocycles. The molecular formula is C15H19N3O3. The topological polar surface area (TPSA) is 83.7 Å². The number of carbonyl (C=O) groups excluding carboxylic acids is 1. The molecule has 0 aliphatic heterocycles. The Hall–Kier alpha value is -2.37. The molecule has 2 atom stereocenters. The maximum Gasteiger partial charge on any atom is 0.326 e. The zero-order chi connectivity index (χ0) is 15.6. The molecule has 0 aromatic carbocycles. The zero-order valence-corrected chi connectivity index (χ0v) is 12.3. The number of carbonyl (C=O) groups is 2. The van der Waals surface area contributed by atoms with Crippen LogP contribution < -0.4 is 5.32 Å². The minimum Gasteiger partial charge on any atom is -0.480 e.